The van der Waals surface area contributed by atoms with Crippen molar-refractivity contribution in [1.82, 2.24) is 0 Å². The first kappa shape index (κ1) is 27.2. The van der Waals surface area contributed by atoms with Gasteiger partial charge in [-0.3, -0.25) is 0 Å². The predicted octanol–water partition coefficient (Wildman–Crippen LogP) is 5.53. The predicted molar refractivity (Wildman–Crippen MR) is 81.1 cm³/mol. The molecule has 0 unspecified atom stereocenters. The van der Waals surface area contributed by atoms with Gasteiger partial charge in [0.25, 0.3) is 0 Å². The fourth-order valence-corrected chi connectivity index (χ4v) is 1.56. The summed E-state index contributed by atoms with van der Waals surface area (Å²) >= 11 is 0. The van der Waals surface area contributed by atoms with Crippen LogP contribution in [0.3, 0.4) is 0 Å². The molecule has 112 valence electrons. The molecule has 0 spiro atoms. The molecule has 0 aliphatic heterocycles. The van der Waals surface area contributed by atoms with E-state index in [9.17, 15) is 0 Å². The molecular formula is C16H36HfO-2. The van der Waals surface area contributed by atoms with Gasteiger partial charge in [0.2, 0.25) is 0 Å². The summed E-state index contributed by atoms with van der Waals surface area (Å²) in [6.07, 6.45) is 16.0. The van der Waals surface area contributed by atoms with Gasteiger partial charge in [-0.05, 0) is 0 Å². The average Bonchev–Trinajstić information content (AvgIpc) is 2.31. The molecule has 0 aliphatic carbocycles. The van der Waals surface area contributed by atoms with E-state index in [1.165, 1.54) is 64.2 Å². The molecule has 0 aromatic heterocycles. The number of hydrogen-bond acceptors (Lipinski definition) is 0. The molecule has 0 amide bonds. The van der Waals surface area contributed by atoms with Gasteiger partial charge in [-0.1, -0.05) is 78.1 Å². The Hall–Kier alpha value is 0.830. The zero-order chi connectivity index (χ0) is 12.5. The summed E-state index contributed by atoms with van der Waals surface area (Å²) in [4.78, 5) is 0. The monoisotopic (exact) mass is 424 g/mol. The second-order valence-corrected chi connectivity index (χ2v) is 4.54. The van der Waals surface area contributed by atoms with E-state index in [0.717, 1.165) is 12.8 Å². The van der Waals surface area contributed by atoms with E-state index >= 15 is 0 Å². The molecule has 2 N–H and O–H groups in total. The molecule has 0 aromatic rings. The topological polar surface area (TPSA) is 31.5 Å². The summed E-state index contributed by atoms with van der Waals surface area (Å²) in [6.45, 7) is 12.0. The molecule has 0 radical (unpaired) electrons. The molecule has 0 aromatic carbocycles. The van der Waals surface area contributed by atoms with Gasteiger partial charge in [0, 0.05) is 25.8 Å². The largest absolute Gasteiger partial charge is 0.412 e. The summed E-state index contributed by atoms with van der Waals surface area (Å²) in [5.41, 5.74) is 0. The molecule has 0 bridgehead atoms. The van der Waals surface area contributed by atoms with Crippen LogP contribution in [0, 0.1) is 13.8 Å². The quantitative estimate of drug-likeness (QED) is 0.251. The van der Waals surface area contributed by atoms with E-state index in [4.69, 9.17) is 0 Å². The van der Waals surface area contributed by atoms with Crippen molar-refractivity contribution >= 4 is 0 Å². The smallest absolute Gasteiger partial charge is 0 e. The Morgan fingerprint density at radius 3 is 1.06 bits per heavy atom. The molecule has 18 heavy (non-hydrogen) atoms. The van der Waals surface area contributed by atoms with Crippen LogP contribution in [0.25, 0.3) is 0 Å². The molecule has 0 saturated carbocycles. The van der Waals surface area contributed by atoms with Crippen molar-refractivity contribution < 1.29 is 31.3 Å². The van der Waals surface area contributed by atoms with E-state index < -0.39 is 0 Å². The second kappa shape index (κ2) is 30.7. The third-order valence-electron chi connectivity index (χ3n) is 2.71. The molecule has 0 atom stereocenters. The summed E-state index contributed by atoms with van der Waals surface area (Å²) in [5, 5.41) is 0. The zero-order valence-corrected chi connectivity index (χ0v) is 16.5. The Balaban J connectivity index is -0.0000000980. The first-order chi connectivity index (χ1) is 7.83. The first-order valence-corrected chi connectivity index (χ1v) is 7.41. The zero-order valence-electron chi connectivity index (χ0n) is 12.9. The Morgan fingerprint density at radius 2 is 0.833 bits per heavy atom. The molecular weight excluding hydrogens is 387 g/mol. The van der Waals surface area contributed by atoms with Gasteiger partial charge in [-0.25, -0.2) is 0 Å². The molecule has 0 rings (SSSR count). The third kappa shape index (κ3) is 36.0. The van der Waals surface area contributed by atoms with Gasteiger partial charge in [-0.2, -0.15) is 12.8 Å². The van der Waals surface area contributed by atoms with Crippen LogP contribution in [-0.4, -0.2) is 5.48 Å². The van der Waals surface area contributed by atoms with Gasteiger partial charge < -0.3 is 19.3 Å². The summed E-state index contributed by atoms with van der Waals surface area (Å²) in [5.74, 6) is 0. The summed E-state index contributed by atoms with van der Waals surface area (Å²) in [7, 11) is 0. The normalized spacial score (nSPS) is 8.67. The van der Waals surface area contributed by atoms with E-state index in [0.29, 0.717) is 0 Å². The van der Waals surface area contributed by atoms with E-state index in [1.54, 1.807) is 0 Å². The van der Waals surface area contributed by atoms with Gasteiger partial charge in [-0.15, -0.1) is 0 Å². The summed E-state index contributed by atoms with van der Waals surface area (Å²) in [6, 6.07) is 0. The van der Waals surface area contributed by atoms with Crippen molar-refractivity contribution in [3.8, 4) is 0 Å². The van der Waals surface area contributed by atoms with Crippen molar-refractivity contribution in [2.45, 2.75) is 90.9 Å². The number of rotatable bonds is 10. The van der Waals surface area contributed by atoms with Gasteiger partial charge >= 0.3 is 0 Å². The van der Waals surface area contributed by atoms with Crippen molar-refractivity contribution in [3.05, 3.63) is 13.8 Å². The van der Waals surface area contributed by atoms with Crippen LogP contribution < -0.4 is 0 Å². The molecule has 0 fully saturated rings. The maximum Gasteiger partial charge on any atom is 0 e. The first-order valence-electron chi connectivity index (χ1n) is 7.41. The Morgan fingerprint density at radius 1 is 0.556 bits per heavy atom. The maximum atomic E-state index is 3.78. The van der Waals surface area contributed by atoms with Gasteiger partial charge in [0.05, 0.1) is 0 Å². The van der Waals surface area contributed by atoms with Crippen LogP contribution in [0.1, 0.15) is 90.9 Å². The Labute approximate surface area is 136 Å². The van der Waals surface area contributed by atoms with E-state index in [-0.39, 0.29) is 31.3 Å². The van der Waals surface area contributed by atoms with Gasteiger partial charge in [0.1, 0.15) is 0 Å². The molecule has 0 aliphatic rings. The number of hydrogen-bond donors (Lipinski definition) is 0. The summed E-state index contributed by atoms with van der Waals surface area (Å²) < 4.78 is 0. The minimum atomic E-state index is 0. The van der Waals surface area contributed by atoms with Crippen LogP contribution >= 0.6 is 0 Å². The number of unbranched alkanes of at least 4 members (excludes halogenated alkanes) is 10. The van der Waals surface area contributed by atoms with Crippen LogP contribution in [0.5, 0.6) is 0 Å². The third-order valence-corrected chi connectivity index (χ3v) is 2.71. The van der Waals surface area contributed by atoms with Crippen molar-refractivity contribution in [2.24, 2.45) is 0 Å². The molecule has 1 nitrogen and oxygen atoms in total. The van der Waals surface area contributed by atoms with Crippen LogP contribution in [0.15, 0.2) is 0 Å². The van der Waals surface area contributed by atoms with E-state index in [1.807, 2.05) is 0 Å². The van der Waals surface area contributed by atoms with Crippen LogP contribution in [0.2, 0.25) is 0 Å². The van der Waals surface area contributed by atoms with Crippen LogP contribution in [0.4, 0.5) is 0 Å². The standard InChI is InChI=1S/2C8H17.Hf.H2O/c2*1-3-5-7-8-6-4-2;;/h2*1,3-8H2,2H3;;1H2/q2*-1;;. The van der Waals surface area contributed by atoms with Gasteiger partial charge in [0.15, 0.2) is 0 Å². The minimum absolute atomic E-state index is 0. The van der Waals surface area contributed by atoms with Crippen molar-refractivity contribution in [3.63, 3.8) is 0 Å². The SMILES string of the molecule is O.[CH2-]CCCCCCC.[CH2-]CCCCCCC.[Hf]. The second-order valence-electron chi connectivity index (χ2n) is 4.54. The van der Waals surface area contributed by atoms with Crippen molar-refractivity contribution in [2.75, 3.05) is 0 Å². The molecule has 2 heteroatoms. The fourth-order valence-electron chi connectivity index (χ4n) is 1.56. The molecule has 0 heterocycles. The average molecular weight is 423 g/mol. The van der Waals surface area contributed by atoms with E-state index in [2.05, 4.69) is 27.7 Å². The van der Waals surface area contributed by atoms with Crippen molar-refractivity contribution in [1.29, 1.82) is 0 Å². The maximum absolute atomic E-state index is 3.78. The minimum Gasteiger partial charge on any atom is -0.412 e. The van der Waals surface area contributed by atoms with Crippen LogP contribution in [-0.2, 0) is 25.8 Å². The Kier molecular flexibility index (Phi) is 46.4. The Bertz CT molecular complexity index is 73.1. The fraction of sp³-hybridized carbons (Fsp3) is 0.875. The molecule has 0 saturated heterocycles.